The predicted octanol–water partition coefficient (Wildman–Crippen LogP) is 2.61. The molecule has 0 spiro atoms. The molecule has 0 heterocycles. The molecular weight excluding hydrogens is 308 g/mol. The van der Waals surface area contributed by atoms with Gasteiger partial charge in [0.05, 0.1) is 32.1 Å². The summed E-state index contributed by atoms with van der Waals surface area (Å²) in [5, 5.41) is 3.46. The second kappa shape index (κ2) is 9.19. The van der Waals surface area contributed by atoms with Gasteiger partial charge in [-0.25, -0.2) is 4.79 Å². The Kier molecular flexibility index (Phi) is 6.64. The number of methoxy groups -OCH3 is 1. The van der Waals surface area contributed by atoms with Crippen LogP contribution < -0.4 is 15.3 Å². The van der Waals surface area contributed by atoms with E-state index in [2.05, 4.69) is 9.84 Å². The fourth-order valence-electron chi connectivity index (χ4n) is 1.98. The van der Waals surface area contributed by atoms with E-state index in [1.807, 2.05) is 24.3 Å². The maximum Gasteiger partial charge on any atom is 0.337 e. The number of nitrogens with two attached hydrogens (primary N) is 1. The van der Waals surface area contributed by atoms with Crippen molar-refractivity contribution < 1.29 is 19.0 Å². The number of hydrogen-bond donors (Lipinski definition) is 1. The van der Waals surface area contributed by atoms with Crippen LogP contribution in [-0.2, 0) is 4.74 Å². The fourth-order valence-corrected chi connectivity index (χ4v) is 1.98. The second-order valence-corrected chi connectivity index (χ2v) is 4.91. The van der Waals surface area contributed by atoms with E-state index in [4.69, 9.17) is 15.3 Å². The number of carbonyl (C=O) groups is 1. The average Bonchev–Trinajstić information content (AvgIpc) is 2.63. The van der Waals surface area contributed by atoms with Crippen LogP contribution in [0.5, 0.6) is 11.5 Å². The number of hydrogen-bond acceptors (Lipinski definition) is 6. The number of carbonyl (C=O) groups excluding carboxylic acids is 1. The Balaban J connectivity index is 1.68. The van der Waals surface area contributed by atoms with E-state index in [1.54, 1.807) is 30.5 Å². The van der Waals surface area contributed by atoms with E-state index in [9.17, 15) is 4.79 Å². The zero-order valence-electron chi connectivity index (χ0n) is 13.5. The molecule has 0 bridgehead atoms. The third-order valence-electron chi connectivity index (χ3n) is 3.21. The van der Waals surface area contributed by atoms with Crippen LogP contribution in [0, 0.1) is 0 Å². The van der Waals surface area contributed by atoms with Crippen LogP contribution in [0.3, 0.4) is 0 Å². The van der Waals surface area contributed by atoms with E-state index in [0.717, 1.165) is 17.7 Å². The van der Waals surface area contributed by atoms with E-state index >= 15 is 0 Å². The summed E-state index contributed by atoms with van der Waals surface area (Å²) in [5.74, 6) is 6.22. The van der Waals surface area contributed by atoms with Gasteiger partial charge in [-0.05, 0) is 54.1 Å². The van der Waals surface area contributed by atoms with Gasteiger partial charge < -0.3 is 20.1 Å². The molecule has 2 N–H and O–H groups in total. The molecule has 0 fully saturated rings. The molecule has 0 aliphatic heterocycles. The van der Waals surface area contributed by atoms with Crippen molar-refractivity contribution in [3.05, 3.63) is 59.7 Å². The predicted molar refractivity (Wildman–Crippen MR) is 91.6 cm³/mol. The summed E-state index contributed by atoms with van der Waals surface area (Å²) in [6.45, 7) is 1.07. The van der Waals surface area contributed by atoms with Gasteiger partial charge in [0, 0.05) is 6.42 Å². The summed E-state index contributed by atoms with van der Waals surface area (Å²) < 4.78 is 15.9. The van der Waals surface area contributed by atoms with Crippen molar-refractivity contribution in [1.29, 1.82) is 0 Å². The largest absolute Gasteiger partial charge is 0.493 e. The van der Waals surface area contributed by atoms with Crippen molar-refractivity contribution in [3.8, 4) is 11.5 Å². The van der Waals surface area contributed by atoms with Gasteiger partial charge in [-0.2, -0.15) is 5.10 Å². The molecule has 0 aromatic heterocycles. The first kappa shape index (κ1) is 17.3. The van der Waals surface area contributed by atoms with Crippen molar-refractivity contribution >= 4 is 12.2 Å². The monoisotopic (exact) mass is 328 g/mol. The summed E-state index contributed by atoms with van der Waals surface area (Å²) >= 11 is 0. The summed E-state index contributed by atoms with van der Waals surface area (Å²) in [6.07, 6.45) is 2.31. The lowest BCUT2D eigenvalue weighted by molar-refractivity contribution is 0.0600. The van der Waals surface area contributed by atoms with Crippen molar-refractivity contribution in [1.82, 2.24) is 0 Å². The van der Waals surface area contributed by atoms with Gasteiger partial charge in [-0.1, -0.05) is 0 Å². The Morgan fingerprint density at radius 1 is 1.00 bits per heavy atom. The zero-order chi connectivity index (χ0) is 17.2. The van der Waals surface area contributed by atoms with Gasteiger partial charge in [0.15, 0.2) is 0 Å². The molecule has 6 heteroatoms. The van der Waals surface area contributed by atoms with Crippen molar-refractivity contribution in [3.63, 3.8) is 0 Å². The van der Waals surface area contributed by atoms with Gasteiger partial charge in [0.25, 0.3) is 0 Å². The lowest BCUT2D eigenvalue weighted by atomic mass is 10.2. The first-order valence-corrected chi connectivity index (χ1v) is 7.50. The Morgan fingerprint density at radius 2 is 1.54 bits per heavy atom. The van der Waals surface area contributed by atoms with E-state index < -0.39 is 0 Å². The quantitative estimate of drug-likeness (QED) is 0.265. The fraction of sp³-hybridized carbons (Fsp3) is 0.222. The minimum atomic E-state index is -0.362. The Morgan fingerprint density at radius 3 is 2.04 bits per heavy atom. The number of nitrogens with zero attached hydrogens (tertiary/aromatic N) is 1. The smallest absolute Gasteiger partial charge is 0.337 e. The van der Waals surface area contributed by atoms with Gasteiger partial charge in [0.1, 0.15) is 11.5 Å². The molecule has 2 aromatic rings. The first-order valence-electron chi connectivity index (χ1n) is 7.50. The normalized spacial score (nSPS) is 10.5. The van der Waals surface area contributed by atoms with Gasteiger partial charge >= 0.3 is 5.97 Å². The number of benzene rings is 2. The highest BCUT2D eigenvalue weighted by Crippen LogP contribution is 2.14. The number of hydrazone groups is 1. The van der Waals surface area contributed by atoms with Crippen molar-refractivity contribution in [2.24, 2.45) is 10.9 Å². The molecular formula is C18H20N2O4. The average molecular weight is 328 g/mol. The Bertz CT molecular complexity index is 666. The molecule has 0 unspecified atom stereocenters. The van der Waals surface area contributed by atoms with E-state index in [1.165, 1.54) is 7.11 Å². The van der Waals surface area contributed by atoms with Crippen molar-refractivity contribution in [2.45, 2.75) is 6.42 Å². The first-order chi connectivity index (χ1) is 11.7. The molecule has 2 aromatic carbocycles. The molecule has 0 saturated carbocycles. The van der Waals surface area contributed by atoms with Crippen molar-refractivity contribution in [2.75, 3.05) is 20.3 Å². The molecule has 0 atom stereocenters. The number of ether oxygens (including phenoxy) is 3. The highest BCUT2D eigenvalue weighted by atomic mass is 16.5. The molecule has 126 valence electrons. The van der Waals surface area contributed by atoms with Gasteiger partial charge in [-0.15, -0.1) is 0 Å². The molecule has 0 aliphatic carbocycles. The minimum Gasteiger partial charge on any atom is -0.493 e. The molecule has 0 saturated heterocycles. The second-order valence-electron chi connectivity index (χ2n) is 4.91. The molecule has 0 amide bonds. The SMILES string of the molecule is COC(=O)c1ccc(OCCCOc2ccc(C=NN)cc2)cc1. The summed E-state index contributed by atoms with van der Waals surface area (Å²) in [6, 6.07) is 14.3. The topological polar surface area (TPSA) is 83.1 Å². The summed E-state index contributed by atoms with van der Waals surface area (Å²) in [4.78, 5) is 11.3. The standard InChI is InChI=1S/C18H20N2O4/c1-22-18(21)15-5-9-17(10-6-15)24-12-2-11-23-16-7-3-14(4-8-16)13-20-19/h3-10,13H,2,11-12,19H2,1H3. The van der Waals surface area contributed by atoms with Crippen LogP contribution in [0.2, 0.25) is 0 Å². The third-order valence-corrected chi connectivity index (χ3v) is 3.21. The molecule has 2 rings (SSSR count). The molecule has 24 heavy (non-hydrogen) atoms. The highest BCUT2D eigenvalue weighted by molar-refractivity contribution is 5.89. The maximum atomic E-state index is 11.3. The van der Waals surface area contributed by atoms with Crippen LogP contribution in [0.15, 0.2) is 53.6 Å². The van der Waals surface area contributed by atoms with Gasteiger partial charge in [-0.3, -0.25) is 0 Å². The lowest BCUT2D eigenvalue weighted by Crippen LogP contribution is -2.05. The summed E-state index contributed by atoms with van der Waals surface area (Å²) in [5.41, 5.74) is 1.42. The van der Waals surface area contributed by atoms with Crippen LogP contribution in [0.1, 0.15) is 22.3 Å². The number of esters is 1. The zero-order valence-corrected chi connectivity index (χ0v) is 13.5. The molecule has 0 radical (unpaired) electrons. The Labute approximate surface area is 140 Å². The third kappa shape index (κ3) is 5.31. The highest BCUT2D eigenvalue weighted by Gasteiger charge is 2.04. The van der Waals surface area contributed by atoms with Crippen LogP contribution in [0.25, 0.3) is 0 Å². The summed E-state index contributed by atoms with van der Waals surface area (Å²) in [7, 11) is 1.35. The van der Waals surface area contributed by atoms with E-state index in [-0.39, 0.29) is 5.97 Å². The molecule has 6 nitrogen and oxygen atoms in total. The van der Waals surface area contributed by atoms with Crippen LogP contribution in [-0.4, -0.2) is 32.5 Å². The lowest BCUT2D eigenvalue weighted by Gasteiger charge is -2.08. The van der Waals surface area contributed by atoms with Crippen LogP contribution >= 0.6 is 0 Å². The van der Waals surface area contributed by atoms with Gasteiger partial charge in [0.2, 0.25) is 0 Å². The van der Waals surface area contributed by atoms with Crippen LogP contribution in [0.4, 0.5) is 0 Å². The Hall–Kier alpha value is -3.02. The maximum absolute atomic E-state index is 11.3. The number of rotatable bonds is 8. The minimum absolute atomic E-state index is 0.362. The molecule has 0 aliphatic rings. The van der Waals surface area contributed by atoms with E-state index in [0.29, 0.717) is 24.5 Å².